The zero-order chi connectivity index (χ0) is 24.7. The van der Waals surface area contributed by atoms with Crippen molar-refractivity contribution in [2.75, 3.05) is 18.5 Å². The second-order valence-corrected chi connectivity index (χ2v) is 10.8. The molecule has 0 aliphatic heterocycles. The number of para-hydroxylation sites is 1. The highest BCUT2D eigenvalue weighted by molar-refractivity contribution is 6.35. The molecule has 2 nitrogen and oxygen atoms in total. The molecule has 2 aromatic carbocycles. The summed E-state index contributed by atoms with van der Waals surface area (Å²) in [5.41, 5.74) is 3.17. The summed E-state index contributed by atoms with van der Waals surface area (Å²) in [6.07, 6.45) is 22.4. The van der Waals surface area contributed by atoms with Gasteiger partial charge in [0.05, 0.1) is 21.7 Å². The minimum absolute atomic E-state index is 0.813. The van der Waals surface area contributed by atoms with Crippen LogP contribution in [0.5, 0.6) is 0 Å². The number of anilines is 1. The number of hydrogen-bond donors (Lipinski definition) is 0. The summed E-state index contributed by atoms with van der Waals surface area (Å²) < 4.78 is 0. The molecule has 0 fully saturated rings. The highest BCUT2D eigenvalue weighted by Crippen LogP contribution is 2.35. The Bertz CT molecular complexity index is 999. The molecule has 0 unspecified atom stereocenters. The van der Waals surface area contributed by atoms with Crippen molar-refractivity contribution < 1.29 is 0 Å². The fourth-order valence-electron chi connectivity index (χ4n) is 5.20. The highest BCUT2D eigenvalue weighted by atomic mass is 35.5. The summed E-state index contributed by atoms with van der Waals surface area (Å²) in [5, 5.41) is 3.13. The highest BCUT2D eigenvalue weighted by Gasteiger charge is 2.12. The molecule has 0 aliphatic rings. The van der Waals surface area contributed by atoms with E-state index in [1.807, 2.05) is 18.2 Å². The summed E-state index contributed by atoms with van der Waals surface area (Å²) in [4.78, 5) is 7.18. The maximum Gasteiger partial charge on any atom is 0.0731 e. The lowest BCUT2D eigenvalue weighted by Crippen LogP contribution is -2.19. The number of fused-ring (bicyclic) bond motifs is 2. The van der Waals surface area contributed by atoms with Crippen LogP contribution < -0.4 is 4.90 Å². The number of nitrogens with zero attached hydrogens (tertiary/aromatic N) is 2. The van der Waals surface area contributed by atoms with Gasteiger partial charge in [-0.05, 0) is 30.7 Å². The molecule has 1 heterocycles. The Kier molecular flexibility index (Phi) is 12.7. The van der Waals surface area contributed by atoms with E-state index in [0.717, 1.165) is 33.7 Å². The van der Waals surface area contributed by atoms with Gasteiger partial charge in [0.15, 0.2) is 0 Å². The predicted octanol–water partition coefficient (Wildman–Crippen LogP) is 10.7. The van der Waals surface area contributed by atoms with Crippen LogP contribution in [-0.2, 0) is 0 Å². The monoisotopic (exact) mass is 494 g/mol. The van der Waals surface area contributed by atoms with Gasteiger partial charge in [0.25, 0.3) is 0 Å². The fourth-order valence-corrected chi connectivity index (χ4v) is 5.51. The van der Waals surface area contributed by atoms with Crippen LogP contribution in [0.15, 0.2) is 42.5 Å². The smallest absolute Gasteiger partial charge is 0.0731 e. The van der Waals surface area contributed by atoms with Crippen LogP contribution in [-0.4, -0.2) is 18.6 Å². The van der Waals surface area contributed by atoms with Gasteiger partial charge in [0.2, 0.25) is 0 Å². The Labute approximate surface area is 219 Å². The first-order valence-corrected chi connectivity index (χ1v) is 14.8. The average molecular weight is 495 g/mol. The molecule has 0 radical (unpaired) electrons. The third-order valence-electron chi connectivity index (χ3n) is 7.35. The van der Waals surface area contributed by atoms with Crippen LogP contribution in [0.4, 0.5) is 5.69 Å². The van der Waals surface area contributed by atoms with Crippen molar-refractivity contribution in [1.29, 1.82) is 0 Å². The second kappa shape index (κ2) is 16.0. The first-order valence-electron chi connectivity index (χ1n) is 14.4. The normalized spacial score (nSPS) is 11.5. The number of aromatic nitrogens is 1. The van der Waals surface area contributed by atoms with E-state index in [4.69, 9.17) is 16.6 Å². The molecule has 0 saturated carbocycles. The van der Waals surface area contributed by atoms with E-state index in [-0.39, 0.29) is 0 Å². The largest absolute Gasteiger partial charge is 0.373 e. The van der Waals surface area contributed by atoms with E-state index in [1.54, 1.807) is 0 Å². The van der Waals surface area contributed by atoms with Crippen LogP contribution in [0, 0.1) is 0 Å². The van der Waals surface area contributed by atoms with Crippen LogP contribution in [0.25, 0.3) is 21.8 Å². The summed E-state index contributed by atoms with van der Waals surface area (Å²) >= 11 is 6.66. The molecular weight excluding hydrogens is 448 g/mol. The van der Waals surface area contributed by atoms with Gasteiger partial charge in [0.1, 0.15) is 0 Å². The zero-order valence-electron chi connectivity index (χ0n) is 22.3. The predicted molar refractivity (Wildman–Crippen MR) is 157 cm³/mol. The van der Waals surface area contributed by atoms with Crippen LogP contribution in [0.2, 0.25) is 5.02 Å². The van der Waals surface area contributed by atoms with Gasteiger partial charge in [-0.3, -0.25) is 0 Å². The fraction of sp³-hybridized carbons (Fsp3) is 0.594. The Morgan fingerprint density at radius 2 is 1.20 bits per heavy atom. The molecule has 35 heavy (non-hydrogen) atoms. The van der Waals surface area contributed by atoms with Crippen molar-refractivity contribution in [2.24, 2.45) is 0 Å². The zero-order valence-corrected chi connectivity index (χ0v) is 23.1. The van der Waals surface area contributed by atoms with E-state index in [9.17, 15) is 0 Å². The van der Waals surface area contributed by atoms with Crippen LogP contribution in [0.1, 0.15) is 110 Å². The molecule has 0 saturated heterocycles. The first-order chi connectivity index (χ1) is 17.2. The van der Waals surface area contributed by atoms with Crippen molar-refractivity contribution in [3.63, 3.8) is 0 Å². The SMILES string of the molecule is CCCCCCCCCCCCCCCCCCN(C)c1c(Cl)ccc2nc3ccccc3cc12. The standard InChI is InChI=1S/C32H47ClN2/c1-3-4-5-6-7-8-9-10-11-12-13-14-15-16-17-20-25-35(2)32-28-26-27-21-18-19-22-30(27)34-31(28)24-23-29(32)33/h18-19,21-24,26H,3-17,20,25H2,1-2H3. The second-order valence-electron chi connectivity index (χ2n) is 10.4. The Morgan fingerprint density at radius 3 is 1.80 bits per heavy atom. The number of halogens is 1. The third kappa shape index (κ3) is 9.30. The van der Waals surface area contributed by atoms with E-state index in [2.05, 4.69) is 43.1 Å². The molecule has 0 spiro atoms. The van der Waals surface area contributed by atoms with Gasteiger partial charge in [-0.15, -0.1) is 0 Å². The summed E-state index contributed by atoms with van der Waals surface area (Å²) in [6, 6.07) is 14.6. The minimum atomic E-state index is 0.813. The lowest BCUT2D eigenvalue weighted by Gasteiger charge is -2.22. The molecule has 3 rings (SSSR count). The molecule has 0 atom stereocenters. The van der Waals surface area contributed by atoms with Gasteiger partial charge >= 0.3 is 0 Å². The molecule has 0 amide bonds. The Hall–Kier alpha value is -1.80. The molecule has 1 aromatic heterocycles. The lowest BCUT2D eigenvalue weighted by atomic mass is 10.0. The number of pyridine rings is 1. The van der Waals surface area contributed by atoms with E-state index in [0.29, 0.717) is 0 Å². The quantitative estimate of drug-likeness (QED) is 0.129. The number of rotatable bonds is 18. The van der Waals surface area contributed by atoms with Crippen LogP contribution >= 0.6 is 11.6 Å². The average Bonchev–Trinajstić information content (AvgIpc) is 2.87. The van der Waals surface area contributed by atoms with Gasteiger partial charge in [-0.25, -0.2) is 4.98 Å². The molecule has 0 N–H and O–H groups in total. The molecule has 0 aliphatic carbocycles. The summed E-state index contributed by atoms with van der Waals surface area (Å²) in [7, 11) is 2.17. The Balaban J connectivity index is 1.28. The molecular formula is C32H47ClN2. The van der Waals surface area contributed by atoms with E-state index >= 15 is 0 Å². The maximum absolute atomic E-state index is 6.66. The van der Waals surface area contributed by atoms with E-state index in [1.165, 1.54) is 108 Å². The summed E-state index contributed by atoms with van der Waals surface area (Å²) in [5.74, 6) is 0. The van der Waals surface area contributed by atoms with Gasteiger partial charge < -0.3 is 4.90 Å². The number of unbranched alkanes of at least 4 members (excludes halogenated alkanes) is 15. The van der Waals surface area contributed by atoms with Crippen molar-refractivity contribution in [3.05, 3.63) is 47.5 Å². The van der Waals surface area contributed by atoms with Crippen molar-refractivity contribution in [3.8, 4) is 0 Å². The summed E-state index contributed by atoms with van der Waals surface area (Å²) in [6.45, 7) is 3.33. The minimum Gasteiger partial charge on any atom is -0.373 e. The topological polar surface area (TPSA) is 16.1 Å². The third-order valence-corrected chi connectivity index (χ3v) is 7.66. The van der Waals surface area contributed by atoms with Gasteiger partial charge in [0, 0.05) is 24.4 Å². The lowest BCUT2D eigenvalue weighted by molar-refractivity contribution is 0.529. The van der Waals surface area contributed by atoms with E-state index < -0.39 is 0 Å². The van der Waals surface area contributed by atoms with Crippen molar-refractivity contribution in [1.82, 2.24) is 4.98 Å². The number of benzene rings is 2. The number of hydrogen-bond acceptors (Lipinski definition) is 2. The van der Waals surface area contributed by atoms with Crippen molar-refractivity contribution >= 4 is 39.1 Å². The molecule has 0 bridgehead atoms. The molecule has 192 valence electrons. The van der Waals surface area contributed by atoms with Crippen molar-refractivity contribution in [2.45, 2.75) is 110 Å². The maximum atomic E-state index is 6.66. The molecule has 3 heteroatoms. The van der Waals surface area contributed by atoms with Crippen LogP contribution in [0.3, 0.4) is 0 Å². The molecule has 3 aromatic rings. The van der Waals surface area contributed by atoms with Gasteiger partial charge in [-0.2, -0.15) is 0 Å². The first kappa shape index (κ1) is 27.8. The van der Waals surface area contributed by atoms with Gasteiger partial charge in [-0.1, -0.05) is 133 Å². The Morgan fingerprint density at radius 1 is 0.657 bits per heavy atom.